The average molecular weight is 548 g/mol. The summed E-state index contributed by atoms with van der Waals surface area (Å²) in [5, 5.41) is 3.82. The van der Waals surface area contributed by atoms with Gasteiger partial charge in [-0.2, -0.15) is 0 Å². The van der Waals surface area contributed by atoms with Gasteiger partial charge in [0.25, 0.3) is 0 Å². The Bertz CT molecular complexity index is 1180. The summed E-state index contributed by atoms with van der Waals surface area (Å²) in [4.78, 5) is 17.7. The van der Waals surface area contributed by atoms with E-state index in [2.05, 4.69) is 56.1 Å². The van der Waals surface area contributed by atoms with Gasteiger partial charge in [-0.3, -0.25) is 4.79 Å². The SMILES string of the molecule is CCN(CC)CCC(=O)N1CC[C@H](NCc2cc(C)cc(C)c2)[C@H](C(c2ccc(F)cc2)c2ccc(F)cc2)C1. The van der Waals surface area contributed by atoms with E-state index < -0.39 is 0 Å². The standard InChI is InChI=1S/C34H43F2N3O/c1-5-38(6-2)17-16-33(40)39-18-15-32(37-22-26-20-24(3)19-25(4)21-26)31(23-39)34(27-7-11-29(35)12-8-27)28-9-13-30(36)14-10-28/h7-14,19-21,31-32,34,37H,5-6,15-18,22-23H2,1-4H3/t31-,32+/m1/s1. The first-order valence-electron chi connectivity index (χ1n) is 14.6. The Kier molecular flexibility index (Phi) is 10.5. The zero-order valence-electron chi connectivity index (χ0n) is 24.3. The molecular weight excluding hydrogens is 504 g/mol. The van der Waals surface area contributed by atoms with Gasteiger partial charge in [0, 0.05) is 50.5 Å². The summed E-state index contributed by atoms with van der Waals surface area (Å²) >= 11 is 0. The Morgan fingerprint density at radius 1 is 0.925 bits per heavy atom. The number of hydrogen-bond acceptors (Lipinski definition) is 3. The number of hydrogen-bond donors (Lipinski definition) is 1. The fourth-order valence-electron chi connectivity index (χ4n) is 6.20. The number of nitrogens with zero attached hydrogens (tertiary/aromatic N) is 2. The van der Waals surface area contributed by atoms with Crippen LogP contribution in [0.25, 0.3) is 0 Å². The minimum Gasteiger partial charge on any atom is -0.342 e. The summed E-state index contributed by atoms with van der Waals surface area (Å²) in [6.45, 7) is 13.1. The van der Waals surface area contributed by atoms with Gasteiger partial charge in [-0.25, -0.2) is 8.78 Å². The summed E-state index contributed by atoms with van der Waals surface area (Å²) in [6, 6.07) is 19.9. The highest BCUT2D eigenvalue weighted by molar-refractivity contribution is 5.76. The number of piperidine rings is 1. The van der Waals surface area contributed by atoms with Crippen LogP contribution in [0, 0.1) is 31.4 Å². The zero-order valence-corrected chi connectivity index (χ0v) is 24.3. The Morgan fingerprint density at radius 3 is 2.00 bits per heavy atom. The van der Waals surface area contributed by atoms with Crippen molar-refractivity contribution in [3.8, 4) is 0 Å². The highest BCUT2D eigenvalue weighted by Gasteiger charge is 2.37. The molecule has 1 fully saturated rings. The Labute approximate surface area is 238 Å². The van der Waals surface area contributed by atoms with Gasteiger partial charge >= 0.3 is 0 Å². The average Bonchev–Trinajstić information content (AvgIpc) is 2.94. The third kappa shape index (κ3) is 7.76. The molecule has 1 saturated heterocycles. The molecule has 1 aliphatic rings. The van der Waals surface area contributed by atoms with Crippen molar-refractivity contribution in [3.05, 3.63) is 106 Å². The highest BCUT2D eigenvalue weighted by Crippen LogP contribution is 2.38. The van der Waals surface area contributed by atoms with Gasteiger partial charge in [-0.15, -0.1) is 0 Å². The zero-order chi connectivity index (χ0) is 28.6. The molecule has 2 atom stereocenters. The smallest absolute Gasteiger partial charge is 0.223 e. The lowest BCUT2D eigenvalue weighted by Gasteiger charge is -2.43. The first kappa shape index (κ1) is 29.9. The molecule has 0 spiro atoms. The molecule has 0 aliphatic carbocycles. The van der Waals surface area contributed by atoms with Gasteiger partial charge in [-0.05, 0) is 74.3 Å². The van der Waals surface area contributed by atoms with Crippen LogP contribution >= 0.6 is 0 Å². The second kappa shape index (κ2) is 14.0. The molecule has 3 aromatic rings. The monoisotopic (exact) mass is 547 g/mol. The van der Waals surface area contributed by atoms with Crippen molar-refractivity contribution in [2.45, 2.75) is 59.0 Å². The van der Waals surface area contributed by atoms with Crippen LogP contribution in [-0.4, -0.2) is 54.5 Å². The number of carbonyl (C=O) groups excluding carboxylic acids is 1. The molecule has 0 saturated carbocycles. The summed E-state index contributed by atoms with van der Waals surface area (Å²) in [7, 11) is 0. The van der Waals surface area contributed by atoms with Crippen molar-refractivity contribution in [3.63, 3.8) is 0 Å². The van der Waals surface area contributed by atoms with E-state index in [-0.39, 0.29) is 35.4 Å². The van der Waals surface area contributed by atoms with Gasteiger partial charge in [0.15, 0.2) is 0 Å². The van der Waals surface area contributed by atoms with Crippen LogP contribution in [0.15, 0.2) is 66.7 Å². The predicted molar refractivity (Wildman–Crippen MR) is 158 cm³/mol. The first-order chi connectivity index (χ1) is 19.3. The molecule has 0 unspecified atom stereocenters. The first-order valence-corrected chi connectivity index (χ1v) is 14.6. The van der Waals surface area contributed by atoms with E-state index >= 15 is 0 Å². The van der Waals surface area contributed by atoms with Crippen molar-refractivity contribution in [1.82, 2.24) is 15.1 Å². The molecule has 4 nitrogen and oxygen atoms in total. The molecule has 0 radical (unpaired) electrons. The minimum absolute atomic E-state index is 0.0213. The van der Waals surface area contributed by atoms with E-state index in [0.717, 1.165) is 43.7 Å². The number of benzene rings is 3. The van der Waals surface area contributed by atoms with E-state index in [9.17, 15) is 13.6 Å². The molecule has 1 heterocycles. The number of amides is 1. The molecule has 214 valence electrons. The molecule has 1 N–H and O–H groups in total. The van der Waals surface area contributed by atoms with Gasteiger partial charge in [0.05, 0.1) is 0 Å². The molecule has 3 aromatic carbocycles. The second-order valence-corrected chi connectivity index (χ2v) is 11.1. The van der Waals surface area contributed by atoms with Crippen LogP contribution in [-0.2, 0) is 11.3 Å². The predicted octanol–water partition coefficient (Wildman–Crippen LogP) is 6.45. The van der Waals surface area contributed by atoms with E-state index in [1.807, 2.05) is 29.2 Å². The maximum atomic E-state index is 14.0. The van der Waals surface area contributed by atoms with E-state index in [1.54, 1.807) is 0 Å². The summed E-state index contributed by atoms with van der Waals surface area (Å²) in [6.07, 6.45) is 1.30. The highest BCUT2D eigenvalue weighted by atomic mass is 19.1. The number of carbonyl (C=O) groups is 1. The molecule has 6 heteroatoms. The number of nitrogens with one attached hydrogen (secondary N) is 1. The lowest BCUT2D eigenvalue weighted by Crippen LogP contribution is -2.53. The number of halogens is 2. The van der Waals surface area contributed by atoms with Crippen LogP contribution in [0.2, 0.25) is 0 Å². The Balaban J connectivity index is 1.65. The lowest BCUT2D eigenvalue weighted by atomic mass is 9.74. The quantitative estimate of drug-likeness (QED) is 0.300. The van der Waals surface area contributed by atoms with Crippen molar-refractivity contribution >= 4 is 5.91 Å². The van der Waals surface area contributed by atoms with Crippen molar-refractivity contribution in [2.24, 2.45) is 5.92 Å². The second-order valence-electron chi connectivity index (χ2n) is 11.1. The normalized spacial score (nSPS) is 17.6. The fraction of sp³-hybridized carbons (Fsp3) is 0.441. The molecule has 40 heavy (non-hydrogen) atoms. The third-order valence-electron chi connectivity index (χ3n) is 8.28. The number of aryl methyl sites for hydroxylation is 2. The van der Waals surface area contributed by atoms with Crippen molar-refractivity contribution in [2.75, 3.05) is 32.7 Å². The summed E-state index contributed by atoms with van der Waals surface area (Å²) in [5.74, 6) is -0.517. The maximum Gasteiger partial charge on any atom is 0.223 e. The van der Waals surface area contributed by atoms with Crippen LogP contribution in [0.5, 0.6) is 0 Å². The Hall–Kier alpha value is -3.09. The summed E-state index contributed by atoms with van der Waals surface area (Å²) in [5.41, 5.74) is 5.63. The minimum atomic E-state index is -0.289. The molecule has 1 aliphatic heterocycles. The number of likely N-dealkylation sites (tertiary alicyclic amines) is 1. The summed E-state index contributed by atoms with van der Waals surface area (Å²) < 4.78 is 27.9. The molecule has 0 aromatic heterocycles. The van der Waals surface area contributed by atoms with Crippen LogP contribution in [0.1, 0.15) is 60.4 Å². The topological polar surface area (TPSA) is 35.6 Å². The van der Waals surface area contributed by atoms with E-state index in [0.29, 0.717) is 19.5 Å². The maximum absolute atomic E-state index is 14.0. The van der Waals surface area contributed by atoms with Gasteiger partial charge in [-0.1, -0.05) is 67.4 Å². The molecule has 4 rings (SSSR count). The fourth-order valence-corrected chi connectivity index (χ4v) is 6.20. The third-order valence-corrected chi connectivity index (χ3v) is 8.28. The molecule has 0 bridgehead atoms. The molecule has 1 amide bonds. The molecular formula is C34H43F2N3O. The lowest BCUT2D eigenvalue weighted by molar-refractivity contribution is -0.133. The largest absolute Gasteiger partial charge is 0.342 e. The van der Waals surface area contributed by atoms with Gasteiger partial charge < -0.3 is 15.1 Å². The van der Waals surface area contributed by atoms with Crippen molar-refractivity contribution < 1.29 is 13.6 Å². The van der Waals surface area contributed by atoms with E-state index in [1.165, 1.54) is 41.0 Å². The van der Waals surface area contributed by atoms with Crippen LogP contribution in [0.3, 0.4) is 0 Å². The van der Waals surface area contributed by atoms with Crippen molar-refractivity contribution in [1.29, 1.82) is 0 Å². The van der Waals surface area contributed by atoms with E-state index in [4.69, 9.17) is 0 Å². The van der Waals surface area contributed by atoms with Crippen LogP contribution < -0.4 is 5.32 Å². The Morgan fingerprint density at radius 2 is 1.48 bits per heavy atom. The van der Waals surface area contributed by atoms with Crippen LogP contribution in [0.4, 0.5) is 8.78 Å². The van der Waals surface area contributed by atoms with Gasteiger partial charge in [0.2, 0.25) is 5.91 Å². The number of rotatable bonds is 11. The van der Waals surface area contributed by atoms with Gasteiger partial charge in [0.1, 0.15) is 11.6 Å².